The molecule has 0 aliphatic carbocycles. The minimum absolute atomic E-state index is 0.0659. The topological polar surface area (TPSA) is 68.0 Å². The highest BCUT2D eigenvalue weighted by Crippen LogP contribution is 2.11. The minimum Gasteiger partial charge on any atom is -0.398 e. The monoisotopic (exact) mass is 221 g/mol. The average molecular weight is 221 g/mol. The van der Waals surface area contributed by atoms with Gasteiger partial charge in [0.1, 0.15) is 0 Å². The number of anilines is 1. The molecule has 0 aromatic carbocycles. The summed E-state index contributed by atoms with van der Waals surface area (Å²) in [6.07, 6.45) is 4.46. The zero-order valence-corrected chi connectivity index (χ0v) is 9.86. The van der Waals surface area contributed by atoms with Gasteiger partial charge in [-0.15, -0.1) is 0 Å². The number of hydrogen-bond donors (Lipinski definition) is 2. The van der Waals surface area contributed by atoms with E-state index in [9.17, 15) is 4.79 Å². The molecule has 88 valence electrons. The van der Waals surface area contributed by atoms with E-state index in [4.69, 9.17) is 5.73 Å². The number of hydrogen-bond acceptors (Lipinski definition) is 4. The fourth-order valence-corrected chi connectivity index (χ4v) is 1.41. The van der Waals surface area contributed by atoms with E-state index < -0.39 is 0 Å². The van der Waals surface area contributed by atoms with Gasteiger partial charge in [0.25, 0.3) is 0 Å². The van der Waals surface area contributed by atoms with Crippen LogP contribution in [0.15, 0.2) is 18.5 Å². The fraction of sp³-hybridized carbons (Fsp3) is 0.500. The molecule has 0 aliphatic heterocycles. The van der Waals surface area contributed by atoms with Crippen molar-refractivity contribution in [1.29, 1.82) is 0 Å². The van der Waals surface area contributed by atoms with Crippen molar-refractivity contribution in [2.24, 2.45) is 0 Å². The summed E-state index contributed by atoms with van der Waals surface area (Å²) in [5.41, 5.74) is 6.74. The standard InChI is InChI=1S/C12H19N3O/c1-9(2)15-6-3-4-12(16)10-8-14-7-5-11(10)13/h5,7-9,15H,3-4,6H2,1-2H3,(H2,13,14). The largest absolute Gasteiger partial charge is 0.398 e. The van der Waals surface area contributed by atoms with Crippen molar-refractivity contribution in [2.45, 2.75) is 32.7 Å². The van der Waals surface area contributed by atoms with E-state index in [1.807, 2.05) is 0 Å². The molecule has 0 spiro atoms. The Bertz CT molecular complexity index is 350. The summed E-state index contributed by atoms with van der Waals surface area (Å²) in [7, 11) is 0. The van der Waals surface area contributed by atoms with Gasteiger partial charge in [0.15, 0.2) is 5.78 Å². The third-order valence-corrected chi connectivity index (χ3v) is 2.29. The first-order chi connectivity index (χ1) is 7.61. The van der Waals surface area contributed by atoms with Gasteiger partial charge in [-0.05, 0) is 19.0 Å². The molecule has 0 amide bonds. The van der Waals surface area contributed by atoms with Gasteiger partial charge >= 0.3 is 0 Å². The van der Waals surface area contributed by atoms with E-state index in [-0.39, 0.29) is 5.78 Å². The van der Waals surface area contributed by atoms with Crippen molar-refractivity contribution >= 4 is 11.5 Å². The van der Waals surface area contributed by atoms with Crippen molar-refractivity contribution in [3.05, 3.63) is 24.0 Å². The van der Waals surface area contributed by atoms with E-state index in [1.165, 1.54) is 6.20 Å². The summed E-state index contributed by atoms with van der Waals surface area (Å²) >= 11 is 0. The minimum atomic E-state index is 0.0659. The predicted octanol–water partition coefficient (Wildman–Crippen LogP) is 1.62. The molecular weight excluding hydrogens is 202 g/mol. The maximum atomic E-state index is 11.8. The summed E-state index contributed by atoms with van der Waals surface area (Å²) in [6, 6.07) is 2.11. The van der Waals surface area contributed by atoms with Crippen LogP contribution in [0, 0.1) is 0 Å². The number of rotatable bonds is 6. The van der Waals surface area contributed by atoms with Crippen LogP contribution in [0.5, 0.6) is 0 Å². The molecule has 0 unspecified atom stereocenters. The predicted molar refractivity (Wildman–Crippen MR) is 65.4 cm³/mol. The van der Waals surface area contributed by atoms with E-state index in [1.54, 1.807) is 12.3 Å². The molecule has 3 N–H and O–H groups in total. The number of nitrogen functional groups attached to an aromatic ring is 1. The van der Waals surface area contributed by atoms with E-state index in [0.29, 0.717) is 23.7 Å². The summed E-state index contributed by atoms with van der Waals surface area (Å²) < 4.78 is 0. The van der Waals surface area contributed by atoms with Crippen molar-refractivity contribution in [3.8, 4) is 0 Å². The molecule has 0 bridgehead atoms. The number of ketones is 1. The van der Waals surface area contributed by atoms with Gasteiger partial charge < -0.3 is 11.1 Å². The zero-order chi connectivity index (χ0) is 12.0. The molecule has 0 saturated carbocycles. The van der Waals surface area contributed by atoms with Crippen LogP contribution in [0.1, 0.15) is 37.0 Å². The van der Waals surface area contributed by atoms with E-state index in [2.05, 4.69) is 24.1 Å². The molecule has 16 heavy (non-hydrogen) atoms. The second-order valence-electron chi connectivity index (χ2n) is 4.10. The molecular formula is C12H19N3O. The van der Waals surface area contributed by atoms with Crippen LogP contribution < -0.4 is 11.1 Å². The first-order valence-electron chi connectivity index (χ1n) is 5.57. The molecule has 1 aromatic rings. The van der Waals surface area contributed by atoms with Crippen molar-refractivity contribution < 1.29 is 4.79 Å². The van der Waals surface area contributed by atoms with Gasteiger partial charge in [-0.2, -0.15) is 0 Å². The van der Waals surface area contributed by atoms with Crippen molar-refractivity contribution in [1.82, 2.24) is 10.3 Å². The summed E-state index contributed by atoms with van der Waals surface area (Å²) in [4.78, 5) is 15.7. The molecule has 0 atom stereocenters. The summed E-state index contributed by atoms with van der Waals surface area (Å²) in [5, 5.41) is 3.27. The maximum absolute atomic E-state index is 11.8. The lowest BCUT2D eigenvalue weighted by atomic mass is 10.1. The van der Waals surface area contributed by atoms with E-state index >= 15 is 0 Å². The number of Topliss-reactive ketones (excluding diaryl/α,β-unsaturated/α-hetero) is 1. The van der Waals surface area contributed by atoms with Crippen LogP contribution in [0.25, 0.3) is 0 Å². The Morgan fingerprint density at radius 2 is 2.31 bits per heavy atom. The first kappa shape index (κ1) is 12.6. The Hall–Kier alpha value is -1.42. The van der Waals surface area contributed by atoms with Gasteiger partial charge in [-0.25, -0.2) is 0 Å². The van der Waals surface area contributed by atoms with Gasteiger partial charge in [0.2, 0.25) is 0 Å². The second kappa shape index (κ2) is 6.23. The van der Waals surface area contributed by atoms with Gasteiger partial charge in [-0.3, -0.25) is 9.78 Å². The molecule has 1 heterocycles. The third kappa shape index (κ3) is 3.98. The van der Waals surface area contributed by atoms with Crippen LogP contribution >= 0.6 is 0 Å². The number of pyridine rings is 1. The van der Waals surface area contributed by atoms with Crippen LogP contribution in [-0.2, 0) is 0 Å². The summed E-state index contributed by atoms with van der Waals surface area (Å²) in [5.74, 6) is 0.0659. The number of nitrogens with two attached hydrogens (primary N) is 1. The molecule has 4 heteroatoms. The highest BCUT2D eigenvalue weighted by molar-refractivity contribution is 6.00. The van der Waals surface area contributed by atoms with Gasteiger partial charge in [0.05, 0.1) is 5.56 Å². The lowest BCUT2D eigenvalue weighted by molar-refractivity contribution is 0.0980. The first-order valence-corrected chi connectivity index (χ1v) is 5.57. The normalized spacial score (nSPS) is 10.7. The zero-order valence-electron chi connectivity index (χ0n) is 9.86. The number of carbonyl (C=O) groups excluding carboxylic acids is 1. The van der Waals surface area contributed by atoms with Crippen molar-refractivity contribution in [2.75, 3.05) is 12.3 Å². The van der Waals surface area contributed by atoms with Crippen LogP contribution in [0.4, 0.5) is 5.69 Å². The van der Waals surface area contributed by atoms with E-state index in [0.717, 1.165) is 13.0 Å². The summed E-state index contributed by atoms with van der Waals surface area (Å²) in [6.45, 7) is 5.02. The number of nitrogens with zero attached hydrogens (tertiary/aromatic N) is 1. The lowest BCUT2D eigenvalue weighted by Crippen LogP contribution is -2.24. The van der Waals surface area contributed by atoms with Gasteiger partial charge in [0, 0.05) is 30.5 Å². The SMILES string of the molecule is CC(C)NCCCC(=O)c1cnccc1N. The molecule has 0 saturated heterocycles. The Morgan fingerprint density at radius 3 is 2.94 bits per heavy atom. The molecule has 0 aliphatic rings. The Labute approximate surface area is 96.3 Å². The third-order valence-electron chi connectivity index (χ3n) is 2.29. The highest BCUT2D eigenvalue weighted by atomic mass is 16.1. The Balaban J connectivity index is 2.39. The number of nitrogens with one attached hydrogen (secondary N) is 1. The quantitative estimate of drug-likeness (QED) is 0.566. The molecule has 0 radical (unpaired) electrons. The smallest absolute Gasteiger partial charge is 0.166 e. The van der Waals surface area contributed by atoms with Crippen molar-refractivity contribution in [3.63, 3.8) is 0 Å². The van der Waals surface area contributed by atoms with Crippen LogP contribution in [-0.4, -0.2) is 23.4 Å². The average Bonchev–Trinajstić information content (AvgIpc) is 2.24. The molecule has 1 rings (SSSR count). The Kier molecular flexibility index (Phi) is 4.92. The number of aromatic nitrogens is 1. The Morgan fingerprint density at radius 1 is 1.56 bits per heavy atom. The molecule has 0 fully saturated rings. The lowest BCUT2D eigenvalue weighted by Gasteiger charge is -2.07. The second-order valence-corrected chi connectivity index (χ2v) is 4.10. The van der Waals surface area contributed by atoms with Crippen LogP contribution in [0.2, 0.25) is 0 Å². The molecule has 1 aromatic heterocycles. The van der Waals surface area contributed by atoms with Gasteiger partial charge in [-0.1, -0.05) is 13.8 Å². The highest BCUT2D eigenvalue weighted by Gasteiger charge is 2.08. The maximum Gasteiger partial charge on any atom is 0.166 e. The van der Waals surface area contributed by atoms with Crippen LogP contribution in [0.3, 0.4) is 0 Å². The number of carbonyl (C=O) groups is 1. The molecule has 4 nitrogen and oxygen atoms in total. The fourth-order valence-electron chi connectivity index (χ4n) is 1.41.